The van der Waals surface area contributed by atoms with Crippen molar-refractivity contribution in [2.75, 3.05) is 6.54 Å². The minimum Gasteiger partial charge on any atom is -0.508 e. The Kier molecular flexibility index (Phi) is 5.73. The molecule has 2 atom stereocenters. The molecule has 0 aliphatic rings. The second-order valence-electron chi connectivity index (χ2n) is 4.76. The van der Waals surface area contributed by atoms with Crippen molar-refractivity contribution in [1.82, 2.24) is 10.6 Å². The van der Waals surface area contributed by atoms with Gasteiger partial charge in [-0.05, 0) is 31.0 Å². The molecule has 1 aromatic carbocycles. The maximum absolute atomic E-state index is 12.1. The zero-order valence-corrected chi connectivity index (χ0v) is 12.0. The fourth-order valence-electron chi connectivity index (χ4n) is 1.66. The van der Waals surface area contributed by atoms with Crippen molar-refractivity contribution in [1.29, 1.82) is 0 Å². The first-order valence-corrected chi connectivity index (χ1v) is 6.58. The van der Waals surface area contributed by atoms with E-state index in [-0.39, 0.29) is 12.2 Å². The molecule has 2 amide bonds. The van der Waals surface area contributed by atoms with Crippen LogP contribution in [0.2, 0.25) is 1.41 Å². The first-order valence-electron chi connectivity index (χ1n) is 7.08. The van der Waals surface area contributed by atoms with E-state index in [1.54, 1.807) is 12.1 Å². The third-order valence-electron chi connectivity index (χ3n) is 2.86. The van der Waals surface area contributed by atoms with Gasteiger partial charge in [-0.1, -0.05) is 12.1 Å². The van der Waals surface area contributed by atoms with Gasteiger partial charge in [-0.3, -0.25) is 14.4 Å². The Morgan fingerprint density at radius 2 is 1.91 bits per heavy atom. The van der Waals surface area contributed by atoms with Crippen molar-refractivity contribution in [3.8, 4) is 5.75 Å². The van der Waals surface area contributed by atoms with Gasteiger partial charge in [-0.25, -0.2) is 0 Å². The van der Waals surface area contributed by atoms with Crippen LogP contribution in [0.15, 0.2) is 24.3 Å². The number of phenols is 1. The number of carboxylic acid groups (broad SMARTS) is 1. The summed E-state index contributed by atoms with van der Waals surface area (Å²) in [6.45, 7) is 0.878. The lowest BCUT2D eigenvalue weighted by Crippen LogP contribution is -2.51. The van der Waals surface area contributed by atoms with E-state index in [1.165, 1.54) is 19.1 Å². The van der Waals surface area contributed by atoms with Crippen LogP contribution < -0.4 is 16.4 Å². The summed E-state index contributed by atoms with van der Waals surface area (Å²) in [5.41, 5.74) is 2.84. The zero-order valence-electron chi connectivity index (χ0n) is 13.0. The molecule has 1 rings (SSSR count). The van der Waals surface area contributed by atoms with Crippen LogP contribution in [-0.2, 0) is 20.8 Å². The number of rotatable bonds is 8. The van der Waals surface area contributed by atoms with E-state index in [0.29, 0.717) is 0 Å². The van der Waals surface area contributed by atoms with Crippen molar-refractivity contribution < 1.29 is 26.0 Å². The molecule has 8 nitrogen and oxygen atoms in total. The lowest BCUT2D eigenvalue weighted by Gasteiger charge is -2.17. The Morgan fingerprint density at radius 3 is 2.45 bits per heavy atom. The summed E-state index contributed by atoms with van der Waals surface area (Å²) in [7, 11) is 0. The second-order valence-corrected chi connectivity index (χ2v) is 4.76. The molecule has 0 saturated carbocycles. The molecule has 22 heavy (non-hydrogen) atoms. The largest absolute Gasteiger partial charge is 0.508 e. The third kappa shape index (κ3) is 5.80. The highest BCUT2D eigenvalue weighted by atomic mass is 16.4. The number of carboxylic acids is 1. The minimum absolute atomic E-state index is 0.0947. The highest BCUT2D eigenvalue weighted by Gasteiger charge is 2.20. The molecule has 0 unspecified atom stereocenters. The molecule has 0 aliphatic heterocycles. The van der Waals surface area contributed by atoms with Gasteiger partial charge in [-0.2, -0.15) is 0 Å². The number of benzene rings is 1. The van der Waals surface area contributed by atoms with Crippen LogP contribution >= 0.6 is 0 Å². The predicted octanol–water partition coefficient (Wildman–Crippen LogP) is -1.03. The Bertz CT molecular complexity index is 564. The van der Waals surface area contributed by atoms with Crippen LogP contribution in [0.25, 0.3) is 0 Å². The fraction of sp³-hybridized carbons (Fsp3) is 0.357. The lowest BCUT2D eigenvalue weighted by molar-refractivity contribution is -0.138. The molecule has 0 bridgehead atoms. The topological polar surface area (TPSA) is 142 Å². The van der Waals surface area contributed by atoms with Crippen LogP contribution in [0.1, 0.15) is 12.5 Å². The summed E-state index contributed by atoms with van der Waals surface area (Å²) >= 11 is 0. The SMILES string of the molecule is [2H]N[C@@H](Cc1ccc(O)cc1)C(=O)N[C@@H](C)C(=O)NCC(=O)O. The summed E-state index contributed by atoms with van der Waals surface area (Å²) in [4.78, 5) is 34.0. The van der Waals surface area contributed by atoms with Gasteiger partial charge in [0.2, 0.25) is 11.8 Å². The average molecular weight is 310 g/mol. The summed E-state index contributed by atoms with van der Waals surface area (Å²) in [6.07, 6.45) is 0.194. The number of carbonyl (C=O) groups excluding carboxylic acids is 2. The van der Waals surface area contributed by atoms with Gasteiger partial charge >= 0.3 is 5.97 Å². The fourth-order valence-corrected chi connectivity index (χ4v) is 1.66. The summed E-state index contributed by atoms with van der Waals surface area (Å²) in [5.74, 6) is -2.28. The highest BCUT2D eigenvalue weighted by molar-refractivity contribution is 5.90. The van der Waals surface area contributed by atoms with Crippen LogP contribution in [0.4, 0.5) is 0 Å². The summed E-state index contributed by atoms with van der Waals surface area (Å²) in [6, 6.07) is 4.35. The molecule has 0 aromatic heterocycles. The van der Waals surface area contributed by atoms with Crippen molar-refractivity contribution in [3.05, 3.63) is 29.8 Å². The van der Waals surface area contributed by atoms with Gasteiger partial charge in [0.05, 0.1) is 6.04 Å². The number of nitrogens with one attached hydrogen (secondary N) is 2. The van der Waals surface area contributed by atoms with Gasteiger partial charge in [0.15, 0.2) is 0 Å². The maximum atomic E-state index is 12.1. The Morgan fingerprint density at radius 1 is 1.27 bits per heavy atom. The molecule has 6 N–H and O–H groups in total. The van der Waals surface area contributed by atoms with Crippen molar-refractivity contribution in [3.63, 3.8) is 0 Å². The Labute approximate surface area is 128 Å². The molecule has 0 fully saturated rings. The molecule has 0 spiro atoms. The lowest BCUT2D eigenvalue weighted by atomic mass is 10.1. The van der Waals surface area contributed by atoms with Crippen LogP contribution in [0.3, 0.4) is 0 Å². The minimum atomic E-state index is -1.19. The summed E-state index contributed by atoms with van der Waals surface area (Å²) in [5, 5.41) is 22.3. The van der Waals surface area contributed by atoms with E-state index < -0.39 is 36.4 Å². The molecule has 0 heterocycles. The number of hydrogen-bond acceptors (Lipinski definition) is 5. The predicted molar refractivity (Wildman–Crippen MR) is 78.0 cm³/mol. The normalized spacial score (nSPS) is 13.6. The number of hydrogen-bond donors (Lipinski definition) is 5. The van der Waals surface area contributed by atoms with Crippen LogP contribution in [-0.4, -0.2) is 46.6 Å². The quantitative estimate of drug-likeness (QED) is 0.415. The number of amides is 2. The molecule has 0 saturated heterocycles. The number of aromatic hydroxyl groups is 1. The number of phenolic OH excluding ortho intramolecular Hbond substituents is 1. The molecule has 120 valence electrons. The van der Waals surface area contributed by atoms with E-state index >= 15 is 0 Å². The van der Waals surface area contributed by atoms with Gasteiger partial charge in [0.25, 0.3) is 0 Å². The molecule has 8 heteroatoms. The average Bonchev–Trinajstić information content (AvgIpc) is 2.51. The zero-order chi connectivity index (χ0) is 17.4. The van der Waals surface area contributed by atoms with Gasteiger partial charge in [0.1, 0.15) is 19.7 Å². The van der Waals surface area contributed by atoms with Gasteiger partial charge in [-0.15, -0.1) is 0 Å². The maximum Gasteiger partial charge on any atom is 0.322 e. The van der Waals surface area contributed by atoms with E-state index in [1.807, 2.05) is 0 Å². The second kappa shape index (κ2) is 7.99. The van der Waals surface area contributed by atoms with Gasteiger partial charge < -0.3 is 26.6 Å². The molecule has 0 radical (unpaired) electrons. The van der Waals surface area contributed by atoms with Crippen LogP contribution in [0.5, 0.6) is 5.75 Å². The van der Waals surface area contributed by atoms with Crippen molar-refractivity contribution >= 4 is 17.8 Å². The first-order chi connectivity index (χ1) is 10.8. The highest BCUT2D eigenvalue weighted by Crippen LogP contribution is 2.10. The first kappa shape index (κ1) is 15.8. The molecular weight excluding hydrogens is 290 g/mol. The smallest absolute Gasteiger partial charge is 0.322 e. The molecule has 0 aliphatic carbocycles. The number of aliphatic carboxylic acids is 1. The van der Waals surface area contributed by atoms with Gasteiger partial charge in [0, 0.05) is 0 Å². The number of nitrogens with two attached hydrogens (primary N) is 1. The molecule has 1 aromatic rings. The standard InChI is InChI=1S/C14H19N3O5/c1-8(13(21)16-7-12(19)20)17-14(22)11(15)6-9-2-4-10(18)5-3-9/h2-5,8,11,18H,6-7,15H2,1H3,(H,16,21)(H,17,22)(H,19,20)/t8-,11-/m0/s1/i/hD. The Hall–Kier alpha value is -2.61. The van der Waals surface area contributed by atoms with Crippen molar-refractivity contribution in [2.45, 2.75) is 25.4 Å². The van der Waals surface area contributed by atoms with E-state index in [0.717, 1.165) is 5.56 Å². The van der Waals surface area contributed by atoms with E-state index in [2.05, 4.69) is 16.4 Å². The van der Waals surface area contributed by atoms with E-state index in [4.69, 9.17) is 6.52 Å². The Balaban J connectivity index is 2.57. The monoisotopic (exact) mass is 310 g/mol. The number of carbonyl (C=O) groups is 3. The van der Waals surface area contributed by atoms with E-state index in [9.17, 15) is 19.5 Å². The van der Waals surface area contributed by atoms with Crippen LogP contribution in [0, 0.1) is 0 Å². The summed E-state index contributed by atoms with van der Waals surface area (Å²) < 4.78 is 7.23. The third-order valence-corrected chi connectivity index (χ3v) is 2.86. The molecular formula is C14H19N3O5. The van der Waals surface area contributed by atoms with Crippen molar-refractivity contribution in [2.24, 2.45) is 5.73 Å².